The molecule has 3 aliphatic heterocycles. The van der Waals surface area contributed by atoms with Crippen LogP contribution < -0.4 is 11.5 Å². The smallest absolute Gasteiger partial charge is 0.386 e. The molecule has 236 valence electrons. The van der Waals surface area contributed by atoms with Crippen molar-refractivity contribution in [3.63, 3.8) is 0 Å². The van der Waals surface area contributed by atoms with Gasteiger partial charge >= 0.3 is 13.6 Å². The first-order chi connectivity index (χ1) is 20.9. The van der Waals surface area contributed by atoms with E-state index in [1.54, 1.807) is 0 Å². The van der Waals surface area contributed by atoms with Crippen LogP contribution in [0.4, 0.5) is 11.6 Å². The molecule has 4 aromatic rings. The normalized spacial score (nSPS) is 38.3. The van der Waals surface area contributed by atoms with Gasteiger partial charge in [0, 0.05) is 0 Å². The number of hydrogen-bond acceptors (Lipinski definition) is 18. The van der Waals surface area contributed by atoms with Crippen molar-refractivity contribution in [2.24, 2.45) is 0 Å². The van der Waals surface area contributed by atoms with Crippen LogP contribution in [0.2, 0.25) is 0 Å². The molecule has 0 spiro atoms. The summed E-state index contributed by atoms with van der Waals surface area (Å²) in [5, 5.41) is 23.3. The molecule has 0 bridgehead atoms. The third-order valence-electron chi connectivity index (χ3n) is 7.34. The van der Waals surface area contributed by atoms with Crippen molar-refractivity contribution in [1.29, 1.82) is 0 Å². The molecule has 0 radical (unpaired) electrons. The summed E-state index contributed by atoms with van der Waals surface area (Å²) >= 11 is 8.21. The molecular weight excluding hydrogens is 666 g/mol. The quantitative estimate of drug-likeness (QED) is 0.120. The first-order valence-electron chi connectivity index (χ1n) is 12.7. The Labute approximate surface area is 256 Å². The minimum Gasteiger partial charge on any atom is -0.386 e. The highest BCUT2D eigenvalue weighted by Gasteiger charge is 2.57. The summed E-state index contributed by atoms with van der Waals surface area (Å²) < 4.78 is 64.0. The summed E-state index contributed by atoms with van der Waals surface area (Å²) in [5.41, 5.74) is 10.4. The lowest BCUT2D eigenvalue weighted by molar-refractivity contribution is -0.199. The molecular formula is C20H24N10O10P2S2. The molecule has 3 saturated heterocycles. The number of ether oxygens (including phenoxy) is 2. The van der Waals surface area contributed by atoms with Gasteiger partial charge in [-0.05, 0) is 0 Å². The van der Waals surface area contributed by atoms with Gasteiger partial charge in [-0.1, -0.05) is 24.5 Å². The van der Waals surface area contributed by atoms with E-state index >= 15 is 0 Å². The van der Waals surface area contributed by atoms with Gasteiger partial charge in [0.2, 0.25) is 0 Å². The molecule has 3 aliphatic rings. The molecule has 7 rings (SSSR count). The van der Waals surface area contributed by atoms with Gasteiger partial charge in [-0.3, -0.25) is 27.2 Å². The molecule has 0 aliphatic carbocycles. The topological polar surface area (TPSA) is 269 Å². The molecule has 4 unspecified atom stereocenters. The van der Waals surface area contributed by atoms with Crippen molar-refractivity contribution >= 4 is 72.1 Å². The molecule has 44 heavy (non-hydrogen) atoms. The van der Waals surface area contributed by atoms with Crippen molar-refractivity contribution in [3.05, 3.63) is 25.3 Å². The number of aromatic nitrogens is 8. The van der Waals surface area contributed by atoms with Gasteiger partial charge in [-0.2, -0.15) is 0 Å². The number of rotatable bonds is 2. The average Bonchev–Trinajstić information content (AvgIpc) is 3.67. The number of fused-ring (bicyclic) bond motifs is 4. The first kappa shape index (κ1) is 30.2. The molecule has 6 N–H and O–H groups in total. The Balaban J connectivity index is 1.22. The van der Waals surface area contributed by atoms with Crippen LogP contribution in [0.3, 0.4) is 0 Å². The monoisotopic (exact) mass is 690 g/mol. The fraction of sp³-hybridized carbons (Fsp3) is 0.500. The maximum Gasteiger partial charge on any atom is 0.387 e. The van der Waals surface area contributed by atoms with E-state index in [-0.39, 0.29) is 40.6 Å². The number of anilines is 2. The predicted octanol–water partition coefficient (Wildman–Crippen LogP) is 0.0258. The second-order valence-corrected chi connectivity index (χ2v) is 15.7. The predicted molar refractivity (Wildman–Crippen MR) is 154 cm³/mol. The Morgan fingerprint density at radius 1 is 0.864 bits per heavy atom. The minimum atomic E-state index is -4.46. The average molecular weight is 691 g/mol. The largest absolute Gasteiger partial charge is 0.387 e. The van der Waals surface area contributed by atoms with Crippen molar-refractivity contribution in [2.75, 3.05) is 31.3 Å². The van der Waals surface area contributed by atoms with E-state index in [1.807, 2.05) is 0 Å². The Bertz CT molecular complexity index is 1850. The number of aliphatic hydroxyl groups excluding tert-OH is 1. The molecule has 0 aromatic carbocycles. The number of nitrogen functional groups attached to an aromatic ring is 2. The first-order valence-corrected chi connectivity index (χ1v) is 18.1. The maximum absolute atomic E-state index is 13.8. The molecule has 0 amide bonds. The Morgan fingerprint density at radius 2 is 1.55 bits per heavy atom. The summed E-state index contributed by atoms with van der Waals surface area (Å²) in [6.45, 7) is -10.1. The third kappa shape index (κ3) is 5.08. The van der Waals surface area contributed by atoms with Crippen molar-refractivity contribution in [2.45, 2.75) is 42.5 Å². The number of nitrogens with two attached hydrogens (primary N) is 2. The molecule has 7 heterocycles. The van der Waals surface area contributed by atoms with Gasteiger partial charge in [0.05, 0.1) is 32.5 Å². The summed E-state index contributed by atoms with van der Waals surface area (Å²) in [7, 11) is 0. The number of thiol groups is 2. The van der Waals surface area contributed by atoms with E-state index in [1.165, 1.54) is 34.4 Å². The van der Waals surface area contributed by atoms with E-state index in [0.717, 1.165) is 0 Å². The zero-order chi connectivity index (χ0) is 31.0. The Kier molecular flexibility index (Phi) is 7.43. The molecule has 24 heteroatoms. The molecule has 20 nitrogen and oxygen atoms in total. The van der Waals surface area contributed by atoms with Gasteiger partial charge in [-0.25, -0.2) is 39.0 Å². The number of nitrogens with zero attached hydrogens (tertiary/aromatic N) is 8. The van der Waals surface area contributed by atoms with Crippen LogP contribution >= 0.6 is 38.1 Å². The molecule has 9 atom stereocenters. The SMILES string of the molecule is Nc1ncnc2c1ncn2[C@@H]1OC[C@H]2O[P@](=O)(S)OC3[C@H](CO[P@](=O)(S)OC2C1O)OCC3(O)n1cnc2c(N)ncnc21. The van der Waals surface area contributed by atoms with E-state index in [0.29, 0.717) is 0 Å². The van der Waals surface area contributed by atoms with E-state index in [9.17, 15) is 19.3 Å². The fourth-order valence-electron chi connectivity index (χ4n) is 5.31. The molecule has 0 saturated carbocycles. The highest BCUT2D eigenvalue weighted by Crippen LogP contribution is 2.62. The standard InChI is InChI=1S/C20H24N10O10P2S2/c21-15-10-17(25-4-23-15)29(6-27-10)19-12(31)13-8(1-35-19)38-42(34,44)40-14-9(2-37-41(33,43)39-13)36-3-20(14,32)30-7-28-11-16(22)24-5-26-18(11)30/h4-9,12-14,19,31-32H,1-3H2,(H,33,43)(H,34,44)(H2,21,23,25)(H2,22,24,26)/t8-,9+,12?,13?,14?,19-,20?,41+,42+/m1/s1. The van der Waals surface area contributed by atoms with Crippen molar-refractivity contribution in [1.82, 2.24) is 39.0 Å². The number of imidazole rings is 2. The second-order valence-electron chi connectivity index (χ2n) is 10.0. The summed E-state index contributed by atoms with van der Waals surface area (Å²) in [4.78, 5) is 24.4. The highest BCUT2D eigenvalue weighted by molar-refractivity contribution is 8.44. The lowest BCUT2D eigenvalue weighted by Crippen LogP contribution is -2.52. The van der Waals surface area contributed by atoms with Gasteiger partial charge in [0.1, 0.15) is 54.2 Å². The van der Waals surface area contributed by atoms with Crippen molar-refractivity contribution in [3.8, 4) is 0 Å². The van der Waals surface area contributed by atoms with Gasteiger partial charge in [0.15, 0.2) is 34.9 Å². The Hall–Kier alpha value is -2.46. The lowest BCUT2D eigenvalue weighted by Gasteiger charge is -2.40. The minimum absolute atomic E-state index is 0.0516. The zero-order valence-corrected chi connectivity index (χ0v) is 25.7. The summed E-state index contributed by atoms with van der Waals surface area (Å²) in [6.07, 6.45) is -3.57. The van der Waals surface area contributed by atoms with Crippen LogP contribution in [0.5, 0.6) is 0 Å². The van der Waals surface area contributed by atoms with Gasteiger partial charge in [-0.15, -0.1) is 0 Å². The molecule has 4 aromatic heterocycles. The van der Waals surface area contributed by atoms with E-state index < -0.39 is 69.3 Å². The van der Waals surface area contributed by atoms with Crippen LogP contribution in [0.25, 0.3) is 22.3 Å². The summed E-state index contributed by atoms with van der Waals surface area (Å²) in [5.74, 6) is 0.149. The van der Waals surface area contributed by atoms with Crippen LogP contribution in [0, 0.1) is 0 Å². The fourth-order valence-corrected chi connectivity index (χ4v) is 8.63. The number of hydrogen-bond donors (Lipinski definition) is 6. The van der Waals surface area contributed by atoms with Gasteiger partial charge in [0.25, 0.3) is 0 Å². The summed E-state index contributed by atoms with van der Waals surface area (Å²) in [6, 6.07) is 0. The molecule has 3 fully saturated rings. The highest BCUT2D eigenvalue weighted by atomic mass is 32.7. The number of aliphatic hydroxyl groups is 2. The van der Waals surface area contributed by atoms with E-state index in [4.69, 9.17) is 39.0 Å². The third-order valence-corrected chi connectivity index (χ3v) is 10.6. The Morgan fingerprint density at radius 3 is 2.30 bits per heavy atom. The second kappa shape index (κ2) is 10.8. The van der Waals surface area contributed by atoms with Gasteiger partial charge < -0.3 is 31.2 Å². The van der Waals surface area contributed by atoms with Crippen LogP contribution in [0.1, 0.15) is 6.23 Å². The lowest BCUT2D eigenvalue weighted by atomic mass is 10.0. The van der Waals surface area contributed by atoms with Crippen LogP contribution in [-0.2, 0) is 42.4 Å². The van der Waals surface area contributed by atoms with E-state index in [2.05, 4.69) is 54.4 Å². The maximum atomic E-state index is 13.8. The van der Waals surface area contributed by atoms with Crippen LogP contribution in [0.15, 0.2) is 25.3 Å². The van der Waals surface area contributed by atoms with Crippen LogP contribution in [-0.4, -0.2) is 99.6 Å². The zero-order valence-electron chi connectivity index (χ0n) is 22.1. The van der Waals surface area contributed by atoms with Crippen molar-refractivity contribution < 1.29 is 46.9 Å².